The molecule has 0 amide bonds. The highest BCUT2D eigenvalue weighted by molar-refractivity contribution is 7.09. The summed E-state index contributed by atoms with van der Waals surface area (Å²) in [6.45, 7) is 7.07. The Morgan fingerprint density at radius 1 is 1.35 bits per heavy atom. The van der Waals surface area contributed by atoms with Gasteiger partial charge < -0.3 is 9.64 Å². The molecular weight excluding hydrogens is 306 g/mol. The lowest BCUT2D eigenvalue weighted by Crippen LogP contribution is -2.42. The van der Waals surface area contributed by atoms with Crippen LogP contribution in [0.15, 0.2) is 11.6 Å². The number of nitrogens with zero attached hydrogens (tertiary/aromatic N) is 3. The van der Waals surface area contributed by atoms with Crippen molar-refractivity contribution in [2.45, 2.75) is 44.7 Å². The van der Waals surface area contributed by atoms with E-state index in [1.54, 1.807) is 11.3 Å². The van der Waals surface area contributed by atoms with E-state index in [-0.39, 0.29) is 0 Å². The average Bonchev–Trinajstić information content (AvgIpc) is 3.10. The van der Waals surface area contributed by atoms with Crippen LogP contribution < -0.4 is 0 Å². The number of aromatic nitrogens is 1. The molecule has 4 rings (SSSR count). The maximum atomic E-state index is 5.52. The van der Waals surface area contributed by atoms with E-state index in [1.165, 1.54) is 63.3 Å². The molecule has 0 aromatic carbocycles. The van der Waals surface area contributed by atoms with Gasteiger partial charge in [-0.05, 0) is 56.5 Å². The number of thiazole rings is 1. The van der Waals surface area contributed by atoms with Gasteiger partial charge in [-0.25, -0.2) is 4.98 Å². The summed E-state index contributed by atoms with van der Waals surface area (Å²) in [4.78, 5) is 9.85. The molecule has 1 aromatic heterocycles. The third-order valence-corrected chi connectivity index (χ3v) is 6.80. The average molecular weight is 336 g/mol. The highest BCUT2D eigenvalue weighted by atomic mass is 32.1. The van der Waals surface area contributed by atoms with Crippen LogP contribution in [0.3, 0.4) is 0 Å². The lowest BCUT2D eigenvalue weighted by Gasteiger charge is -2.39. The Labute approximate surface area is 143 Å². The molecule has 0 N–H and O–H groups in total. The van der Waals surface area contributed by atoms with Gasteiger partial charge in [0.05, 0.1) is 13.2 Å². The molecule has 5 heteroatoms. The van der Waals surface area contributed by atoms with Gasteiger partial charge in [-0.1, -0.05) is 0 Å². The second-order valence-corrected chi connectivity index (χ2v) is 8.87. The quantitative estimate of drug-likeness (QED) is 0.799. The summed E-state index contributed by atoms with van der Waals surface area (Å²) in [5.74, 6) is 1.02. The molecule has 1 atom stereocenters. The normalized spacial score (nSPS) is 28.7. The van der Waals surface area contributed by atoms with Crippen molar-refractivity contribution >= 4 is 11.3 Å². The van der Waals surface area contributed by atoms with Crippen LogP contribution in [0.5, 0.6) is 0 Å². The summed E-state index contributed by atoms with van der Waals surface area (Å²) >= 11 is 1.78. The summed E-state index contributed by atoms with van der Waals surface area (Å²) in [5.41, 5.74) is 0.528. The van der Waals surface area contributed by atoms with Crippen molar-refractivity contribution in [2.75, 3.05) is 39.9 Å². The largest absolute Gasteiger partial charge is 0.383 e. The minimum absolute atomic E-state index is 0.528. The van der Waals surface area contributed by atoms with Gasteiger partial charge in [0.15, 0.2) is 0 Å². The van der Waals surface area contributed by atoms with Crippen LogP contribution in [-0.2, 0) is 11.3 Å². The zero-order valence-corrected chi connectivity index (χ0v) is 15.1. The first-order valence-electron chi connectivity index (χ1n) is 9.10. The van der Waals surface area contributed by atoms with E-state index in [1.807, 2.05) is 13.3 Å². The summed E-state index contributed by atoms with van der Waals surface area (Å²) in [6.07, 6.45) is 8.91. The van der Waals surface area contributed by atoms with Crippen LogP contribution in [0.2, 0.25) is 0 Å². The predicted molar refractivity (Wildman–Crippen MR) is 93.6 cm³/mol. The molecule has 2 aliphatic heterocycles. The minimum atomic E-state index is 0.528. The number of methoxy groups -OCH3 is 1. The first kappa shape index (κ1) is 16.0. The molecule has 1 spiro atoms. The second kappa shape index (κ2) is 6.79. The first-order valence-corrected chi connectivity index (χ1v) is 9.98. The van der Waals surface area contributed by atoms with E-state index in [0.717, 1.165) is 19.1 Å². The number of hydrogen-bond donors (Lipinski definition) is 0. The molecular formula is C18H29N3OS. The Morgan fingerprint density at radius 2 is 2.17 bits per heavy atom. The van der Waals surface area contributed by atoms with E-state index >= 15 is 0 Å². The molecule has 1 aliphatic carbocycles. The smallest absolute Gasteiger partial charge is 0.107 e. The standard InChI is InChI=1S/C18H29N3OS/c1-22-13-16-10-18(14-21(16)12-17-19-6-9-23-17)4-7-20(8-5-18)11-15-2-3-15/h6,9,15-16H,2-5,7-8,10-14H2,1H3/t16-/m1/s1. The third kappa shape index (κ3) is 3.78. The maximum Gasteiger partial charge on any atom is 0.107 e. The first-order chi connectivity index (χ1) is 11.3. The lowest BCUT2D eigenvalue weighted by molar-refractivity contribution is 0.103. The molecule has 128 valence electrons. The van der Waals surface area contributed by atoms with Gasteiger partial charge in [-0.3, -0.25) is 4.90 Å². The number of ether oxygens (including phenoxy) is 1. The summed E-state index contributed by atoms with van der Waals surface area (Å²) in [5, 5.41) is 3.33. The van der Waals surface area contributed by atoms with Crippen LogP contribution in [-0.4, -0.2) is 60.7 Å². The molecule has 3 heterocycles. The Balaban J connectivity index is 1.37. The van der Waals surface area contributed by atoms with Crippen LogP contribution in [0.25, 0.3) is 0 Å². The van der Waals surface area contributed by atoms with Crippen LogP contribution >= 0.6 is 11.3 Å². The second-order valence-electron chi connectivity index (χ2n) is 7.89. The third-order valence-electron chi connectivity index (χ3n) is 6.03. The lowest BCUT2D eigenvalue weighted by atomic mass is 9.76. The Morgan fingerprint density at radius 3 is 2.83 bits per heavy atom. The van der Waals surface area contributed by atoms with Gasteiger partial charge in [-0.2, -0.15) is 0 Å². The zero-order valence-electron chi connectivity index (χ0n) is 14.2. The summed E-state index contributed by atoms with van der Waals surface area (Å²) in [6, 6.07) is 0.568. The topological polar surface area (TPSA) is 28.6 Å². The number of likely N-dealkylation sites (tertiary alicyclic amines) is 2. The van der Waals surface area contributed by atoms with E-state index in [9.17, 15) is 0 Å². The van der Waals surface area contributed by atoms with Gasteiger partial charge >= 0.3 is 0 Å². The highest BCUT2D eigenvalue weighted by Gasteiger charge is 2.45. The Bertz CT molecular complexity index is 494. The Hall–Kier alpha value is -0.490. The summed E-state index contributed by atoms with van der Waals surface area (Å²) in [7, 11) is 1.84. The molecule has 1 aromatic rings. The van der Waals surface area contributed by atoms with E-state index < -0.39 is 0 Å². The Kier molecular flexibility index (Phi) is 4.72. The molecule has 0 radical (unpaired) electrons. The molecule has 2 saturated heterocycles. The van der Waals surface area contributed by atoms with Crippen molar-refractivity contribution in [1.82, 2.24) is 14.8 Å². The highest BCUT2D eigenvalue weighted by Crippen LogP contribution is 2.44. The van der Waals surface area contributed by atoms with Crippen LogP contribution in [0.4, 0.5) is 0 Å². The van der Waals surface area contributed by atoms with Crippen molar-refractivity contribution in [3.05, 3.63) is 16.6 Å². The SMILES string of the molecule is COC[C@H]1CC2(CCN(CC3CC3)CC2)CN1Cc1nccs1. The van der Waals surface area contributed by atoms with Gasteiger partial charge in [0, 0.05) is 37.8 Å². The fraction of sp³-hybridized carbons (Fsp3) is 0.833. The van der Waals surface area contributed by atoms with Crippen molar-refractivity contribution in [3.8, 4) is 0 Å². The van der Waals surface area contributed by atoms with Crippen molar-refractivity contribution in [3.63, 3.8) is 0 Å². The van der Waals surface area contributed by atoms with E-state index in [2.05, 4.69) is 20.2 Å². The zero-order chi connectivity index (χ0) is 15.7. The van der Waals surface area contributed by atoms with Crippen LogP contribution in [0.1, 0.15) is 37.1 Å². The predicted octanol–water partition coefficient (Wildman–Crippen LogP) is 2.86. The molecule has 23 heavy (non-hydrogen) atoms. The number of piperidine rings is 1. The van der Waals surface area contributed by atoms with Crippen molar-refractivity contribution in [1.29, 1.82) is 0 Å². The molecule has 0 unspecified atom stereocenters. The van der Waals surface area contributed by atoms with Crippen molar-refractivity contribution < 1.29 is 4.74 Å². The molecule has 4 nitrogen and oxygen atoms in total. The monoisotopic (exact) mass is 335 g/mol. The van der Waals surface area contributed by atoms with Gasteiger partial charge in [0.25, 0.3) is 0 Å². The molecule has 3 aliphatic rings. The number of hydrogen-bond acceptors (Lipinski definition) is 5. The van der Waals surface area contributed by atoms with E-state index in [4.69, 9.17) is 4.74 Å². The fourth-order valence-corrected chi connectivity index (χ4v) is 5.18. The fourth-order valence-electron chi connectivity index (χ4n) is 4.54. The number of rotatable bonds is 6. The molecule has 3 fully saturated rings. The minimum Gasteiger partial charge on any atom is -0.383 e. The van der Waals surface area contributed by atoms with Gasteiger partial charge in [0.2, 0.25) is 0 Å². The maximum absolute atomic E-state index is 5.52. The van der Waals surface area contributed by atoms with E-state index in [0.29, 0.717) is 11.5 Å². The van der Waals surface area contributed by atoms with Crippen molar-refractivity contribution in [2.24, 2.45) is 11.3 Å². The van der Waals surface area contributed by atoms with Gasteiger partial charge in [-0.15, -0.1) is 11.3 Å². The molecule has 0 bridgehead atoms. The molecule has 1 saturated carbocycles. The summed E-state index contributed by atoms with van der Waals surface area (Å²) < 4.78 is 5.52. The van der Waals surface area contributed by atoms with Gasteiger partial charge in [0.1, 0.15) is 5.01 Å². The van der Waals surface area contributed by atoms with Crippen LogP contribution in [0, 0.1) is 11.3 Å².